The Balaban J connectivity index is 2.34. The SMILES string of the molecule is CC(C)(C)CCC(N)C1CCC(C(C)(C)C)CC1. The second-order valence-electron chi connectivity index (χ2n) is 8.74. The molecule has 1 unspecified atom stereocenters. The topological polar surface area (TPSA) is 26.0 Å². The highest BCUT2D eigenvalue weighted by Crippen LogP contribution is 2.41. The fourth-order valence-corrected chi connectivity index (χ4v) is 3.25. The zero-order valence-electron chi connectivity index (χ0n) is 13.6. The summed E-state index contributed by atoms with van der Waals surface area (Å²) in [6.45, 7) is 14.1. The molecular weight excluding hydrogens is 218 g/mol. The van der Waals surface area contributed by atoms with E-state index in [0.29, 0.717) is 16.9 Å². The van der Waals surface area contributed by atoms with Crippen LogP contribution in [-0.4, -0.2) is 6.04 Å². The van der Waals surface area contributed by atoms with Gasteiger partial charge in [0.15, 0.2) is 0 Å². The van der Waals surface area contributed by atoms with Crippen LogP contribution in [-0.2, 0) is 0 Å². The highest BCUT2D eigenvalue weighted by atomic mass is 14.7. The Morgan fingerprint density at radius 1 is 0.944 bits per heavy atom. The summed E-state index contributed by atoms with van der Waals surface area (Å²) in [5.74, 6) is 1.69. The molecule has 0 aromatic carbocycles. The molecule has 1 aliphatic rings. The summed E-state index contributed by atoms with van der Waals surface area (Å²) < 4.78 is 0. The first-order valence-corrected chi connectivity index (χ1v) is 7.85. The molecule has 1 aliphatic carbocycles. The van der Waals surface area contributed by atoms with Gasteiger partial charge in [-0.3, -0.25) is 0 Å². The zero-order valence-corrected chi connectivity index (χ0v) is 13.6. The molecule has 0 spiro atoms. The molecule has 0 radical (unpaired) electrons. The fraction of sp³-hybridized carbons (Fsp3) is 1.00. The van der Waals surface area contributed by atoms with Crippen LogP contribution in [0.25, 0.3) is 0 Å². The van der Waals surface area contributed by atoms with Crippen molar-refractivity contribution in [3.05, 3.63) is 0 Å². The molecular formula is C17H35N. The summed E-state index contributed by atoms with van der Waals surface area (Å²) in [6, 6.07) is 0.435. The molecule has 0 aliphatic heterocycles. The largest absolute Gasteiger partial charge is 0.327 e. The standard InChI is InChI=1S/C17H35N/c1-16(2,3)12-11-15(18)13-7-9-14(10-8-13)17(4,5)6/h13-15H,7-12,18H2,1-6H3. The van der Waals surface area contributed by atoms with Crippen LogP contribution < -0.4 is 5.73 Å². The van der Waals surface area contributed by atoms with Crippen LogP contribution in [0.4, 0.5) is 0 Å². The summed E-state index contributed by atoms with van der Waals surface area (Å²) in [4.78, 5) is 0. The first-order chi connectivity index (χ1) is 8.09. The van der Waals surface area contributed by atoms with Gasteiger partial charge in [0, 0.05) is 6.04 Å². The van der Waals surface area contributed by atoms with E-state index in [1.54, 1.807) is 0 Å². The maximum atomic E-state index is 6.41. The Morgan fingerprint density at radius 2 is 1.44 bits per heavy atom. The molecule has 1 saturated carbocycles. The lowest BCUT2D eigenvalue weighted by molar-refractivity contribution is 0.135. The van der Waals surface area contributed by atoms with E-state index in [0.717, 1.165) is 11.8 Å². The molecule has 2 N–H and O–H groups in total. The predicted octanol–water partition coefficient (Wildman–Crippen LogP) is 4.99. The first-order valence-electron chi connectivity index (χ1n) is 7.85. The molecule has 1 fully saturated rings. The fourth-order valence-electron chi connectivity index (χ4n) is 3.25. The van der Waals surface area contributed by atoms with Crippen LogP contribution in [0.15, 0.2) is 0 Å². The molecule has 1 rings (SSSR count). The first kappa shape index (κ1) is 16.0. The second-order valence-corrected chi connectivity index (χ2v) is 8.74. The molecule has 0 bridgehead atoms. The van der Waals surface area contributed by atoms with E-state index in [1.165, 1.54) is 38.5 Å². The van der Waals surface area contributed by atoms with Crippen molar-refractivity contribution in [2.75, 3.05) is 0 Å². The summed E-state index contributed by atoms with van der Waals surface area (Å²) in [5, 5.41) is 0. The van der Waals surface area contributed by atoms with E-state index in [4.69, 9.17) is 5.73 Å². The molecule has 0 aromatic rings. The van der Waals surface area contributed by atoms with E-state index in [1.807, 2.05) is 0 Å². The summed E-state index contributed by atoms with van der Waals surface area (Å²) >= 11 is 0. The second kappa shape index (κ2) is 5.94. The van der Waals surface area contributed by atoms with Crippen molar-refractivity contribution in [2.24, 2.45) is 28.4 Å². The molecule has 0 aromatic heterocycles. The van der Waals surface area contributed by atoms with Crippen molar-refractivity contribution in [2.45, 2.75) is 86.1 Å². The molecule has 1 heteroatoms. The Morgan fingerprint density at radius 3 is 1.83 bits per heavy atom. The number of hydrogen-bond acceptors (Lipinski definition) is 1. The molecule has 0 amide bonds. The van der Waals surface area contributed by atoms with Crippen molar-refractivity contribution >= 4 is 0 Å². The average molecular weight is 253 g/mol. The van der Waals surface area contributed by atoms with Crippen LogP contribution in [0.5, 0.6) is 0 Å². The normalized spacial score (nSPS) is 28.2. The third kappa shape index (κ3) is 5.30. The van der Waals surface area contributed by atoms with Gasteiger partial charge in [0.1, 0.15) is 0 Å². The van der Waals surface area contributed by atoms with Crippen molar-refractivity contribution in [1.29, 1.82) is 0 Å². The van der Waals surface area contributed by atoms with Gasteiger partial charge in [-0.2, -0.15) is 0 Å². The molecule has 1 nitrogen and oxygen atoms in total. The van der Waals surface area contributed by atoms with Crippen molar-refractivity contribution in [3.63, 3.8) is 0 Å². The Kier molecular flexibility index (Phi) is 5.29. The van der Waals surface area contributed by atoms with E-state index < -0.39 is 0 Å². The molecule has 0 heterocycles. The van der Waals surface area contributed by atoms with E-state index >= 15 is 0 Å². The predicted molar refractivity (Wildman–Crippen MR) is 81.6 cm³/mol. The minimum atomic E-state index is 0.431. The van der Waals surface area contributed by atoms with Crippen molar-refractivity contribution in [3.8, 4) is 0 Å². The molecule has 1 atom stereocenters. The van der Waals surface area contributed by atoms with Crippen LogP contribution in [0, 0.1) is 22.7 Å². The highest BCUT2D eigenvalue weighted by molar-refractivity contribution is 4.85. The van der Waals surface area contributed by atoms with Crippen LogP contribution in [0.3, 0.4) is 0 Å². The van der Waals surface area contributed by atoms with Gasteiger partial charge in [0.25, 0.3) is 0 Å². The maximum Gasteiger partial charge on any atom is 0.00673 e. The number of hydrogen-bond donors (Lipinski definition) is 1. The lowest BCUT2D eigenvalue weighted by Gasteiger charge is -2.39. The van der Waals surface area contributed by atoms with Crippen molar-refractivity contribution in [1.82, 2.24) is 0 Å². The van der Waals surface area contributed by atoms with E-state index in [2.05, 4.69) is 41.5 Å². The van der Waals surface area contributed by atoms with Gasteiger partial charge in [-0.05, 0) is 61.2 Å². The van der Waals surface area contributed by atoms with E-state index in [9.17, 15) is 0 Å². The quantitative estimate of drug-likeness (QED) is 0.753. The summed E-state index contributed by atoms with van der Waals surface area (Å²) in [6.07, 6.45) is 7.94. The molecule has 0 saturated heterocycles. The number of rotatable bonds is 3. The van der Waals surface area contributed by atoms with Gasteiger partial charge in [0.2, 0.25) is 0 Å². The third-order valence-corrected chi connectivity index (χ3v) is 4.83. The van der Waals surface area contributed by atoms with Gasteiger partial charge in [-0.15, -0.1) is 0 Å². The van der Waals surface area contributed by atoms with E-state index in [-0.39, 0.29) is 0 Å². The van der Waals surface area contributed by atoms with Crippen LogP contribution in [0.2, 0.25) is 0 Å². The smallest absolute Gasteiger partial charge is 0.00673 e. The monoisotopic (exact) mass is 253 g/mol. The van der Waals surface area contributed by atoms with Gasteiger partial charge >= 0.3 is 0 Å². The van der Waals surface area contributed by atoms with Gasteiger partial charge < -0.3 is 5.73 Å². The molecule has 108 valence electrons. The highest BCUT2D eigenvalue weighted by Gasteiger charge is 2.31. The minimum Gasteiger partial charge on any atom is -0.327 e. The summed E-state index contributed by atoms with van der Waals surface area (Å²) in [5.41, 5.74) is 7.33. The Labute approximate surface area is 115 Å². The van der Waals surface area contributed by atoms with Gasteiger partial charge in [-0.25, -0.2) is 0 Å². The van der Waals surface area contributed by atoms with Crippen LogP contribution in [0.1, 0.15) is 80.1 Å². The van der Waals surface area contributed by atoms with Crippen molar-refractivity contribution < 1.29 is 0 Å². The lowest BCUT2D eigenvalue weighted by Crippen LogP contribution is -2.36. The lowest BCUT2D eigenvalue weighted by atomic mass is 9.68. The number of nitrogens with two attached hydrogens (primary N) is 1. The molecule has 18 heavy (non-hydrogen) atoms. The summed E-state index contributed by atoms with van der Waals surface area (Å²) in [7, 11) is 0. The average Bonchev–Trinajstić information content (AvgIpc) is 2.24. The van der Waals surface area contributed by atoms with Gasteiger partial charge in [0.05, 0.1) is 0 Å². The van der Waals surface area contributed by atoms with Gasteiger partial charge in [-0.1, -0.05) is 41.5 Å². The Bertz CT molecular complexity index is 235. The van der Waals surface area contributed by atoms with Crippen LogP contribution >= 0.6 is 0 Å². The minimum absolute atomic E-state index is 0.431. The third-order valence-electron chi connectivity index (χ3n) is 4.83. The maximum absolute atomic E-state index is 6.41. The zero-order chi connectivity index (χ0) is 14.0. The Hall–Kier alpha value is -0.0400.